The number of carbonyl (C=O) groups excluding carboxylic acids is 1. The van der Waals surface area contributed by atoms with Crippen molar-refractivity contribution in [2.45, 2.75) is 39.9 Å². The molecule has 0 atom stereocenters. The highest BCUT2D eigenvalue weighted by Gasteiger charge is 2.23. The third kappa shape index (κ3) is 6.07. The molecular formula is C26H31NO3. The molecule has 1 saturated heterocycles. The number of ether oxygens (including phenoxy) is 2. The van der Waals surface area contributed by atoms with Crippen molar-refractivity contribution in [3.63, 3.8) is 0 Å². The molecule has 0 bridgehead atoms. The molecule has 0 amide bonds. The summed E-state index contributed by atoms with van der Waals surface area (Å²) in [5, 5.41) is 0. The number of ketones is 1. The zero-order chi connectivity index (χ0) is 21.7. The largest absolute Gasteiger partial charge is 0.491 e. The molecule has 2 aromatic rings. The van der Waals surface area contributed by atoms with E-state index in [1.54, 1.807) is 0 Å². The predicted molar refractivity (Wildman–Crippen MR) is 123 cm³/mol. The Balaban J connectivity index is 1.79. The predicted octanol–water partition coefficient (Wildman–Crippen LogP) is 5.24. The van der Waals surface area contributed by atoms with Crippen molar-refractivity contribution in [2.24, 2.45) is 0 Å². The highest BCUT2D eigenvalue weighted by atomic mass is 16.5. The van der Waals surface area contributed by atoms with E-state index < -0.39 is 0 Å². The van der Waals surface area contributed by atoms with Crippen LogP contribution in [-0.2, 0) is 4.79 Å². The standard InChI is InChI=1S/C26H31NO3/c1-18(2)29-24-10-6-20(7-11-24)14-22-16-27(5)17-23(26(22)28)15-21-8-12-25(13-9-21)30-19(3)4/h6-15,18-19H,16-17H2,1-5H3/b22-14+,23-15+. The van der Waals surface area contributed by atoms with Gasteiger partial charge in [-0.05, 0) is 82.3 Å². The summed E-state index contributed by atoms with van der Waals surface area (Å²) in [6.07, 6.45) is 4.23. The molecule has 0 aliphatic carbocycles. The van der Waals surface area contributed by atoms with Crippen LogP contribution in [0.1, 0.15) is 38.8 Å². The van der Waals surface area contributed by atoms with Gasteiger partial charge >= 0.3 is 0 Å². The van der Waals surface area contributed by atoms with Gasteiger partial charge in [0.2, 0.25) is 0 Å². The summed E-state index contributed by atoms with van der Waals surface area (Å²) in [7, 11) is 2.03. The second kappa shape index (κ2) is 9.77. The molecule has 0 aromatic heterocycles. The zero-order valence-corrected chi connectivity index (χ0v) is 18.5. The number of likely N-dealkylation sites (N-methyl/N-ethyl adjacent to an activating group) is 1. The number of Topliss-reactive ketones (excluding diaryl/α,β-unsaturated/α-hetero) is 1. The molecule has 1 aliphatic heterocycles. The first-order valence-corrected chi connectivity index (χ1v) is 10.5. The van der Waals surface area contributed by atoms with Crippen molar-refractivity contribution in [3.05, 3.63) is 70.8 Å². The van der Waals surface area contributed by atoms with E-state index in [4.69, 9.17) is 9.47 Å². The van der Waals surface area contributed by atoms with Crippen molar-refractivity contribution in [3.8, 4) is 11.5 Å². The van der Waals surface area contributed by atoms with Crippen molar-refractivity contribution in [1.29, 1.82) is 0 Å². The van der Waals surface area contributed by atoms with E-state index in [9.17, 15) is 4.79 Å². The molecular weight excluding hydrogens is 374 g/mol. The SMILES string of the molecule is CC(C)Oc1ccc(/C=C2\CN(C)C/C(=C\c3ccc(OC(C)C)cc3)C2=O)cc1. The zero-order valence-electron chi connectivity index (χ0n) is 18.5. The van der Waals surface area contributed by atoms with Gasteiger partial charge in [-0.2, -0.15) is 0 Å². The molecule has 0 unspecified atom stereocenters. The number of hydrogen-bond donors (Lipinski definition) is 0. The topological polar surface area (TPSA) is 38.8 Å². The van der Waals surface area contributed by atoms with Crippen LogP contribution in [0.25, 0.3) is 12.2 Å². The fourth-order valence-electron chi connectivity index (χ4n) is 3.44. The van der Waals surface area contributed by atoms with Gasteiger partial charge in [0.25, 0.3) is 0 Å². The Morgan fingerprint density at radius 2 is 1.10 bits per heavy atom. The van der Waals surface area contributed by atoms with Crippen LogP contribution in [0.3, 0.4) is 0 Å². The first kappa shape index (κ1) is 21.8. The second-order valence-corrected chi connectivity index (χ2v) is 8.31. The molecule has 4 heteroatoms. The van der Waals surface area contributed by atoms with Gasteiger partial charge < -0.3 is 9.47 Å². The maximum absolute atomic E-state index is 13.1. The van der Waals surface area contributed by atoms with E-state index in [1.807, 2.05) is 95.4 Å². The van der Waals surface area contributed by atoms with Gasteiger partial charge in [-0.25, -0.2) is 0 Å². The lowest BCUT2D eigenvalue weighted by molar-refractivity contribution is -0.113. The van der Waals surface area contributed by atoms with Crippen LogP contribution in [-0.4, -0.2) is 43.0 Å². The number of nitrogens with zero attached hydrogens (tertiary/aromatic N) is 1. The third-order valence-corrected chi connectivity index (χ3v) is 4.65. The Labute approximate surface area is 179 Å². The molecule has 0 radical (unpaired) electrons. The van der Waals surface area contributed by atoms with Crippen LogP contribution in [0.4, 0.5) is 0 Å². The average molecular weight is 406 g/mol. The minimum Gasteiger partial charge on any atom is -0.491 e. The van der Waals surface area contributed by atoms with Gasteiger partial charge in [0.15, 0.2) is 5.78 Å². The summed E-state index contributed by atoms with van der Waals surface area (Å²) in [4.78, 5) is 15.3. The third-order valence-electron chi connectivity index (χ3n) is 4.65. The number of rotatable bonds is 6. The molecule has 0 spiro atoms. The van der Waals surface area contributed by atoms with Gasteiger partial charge in [0, 0.05) is 24.2 Å². The van der Waals surface area contributed by atoms with Crippen LogP contribution >= 0.6 is 0 Å². The maximum Gasteiger partial charge on any atom is 0.187 e. The monoisotopic (exact) mass is 405 g/mol. The van der Waals surface area contributed by atoms with Gasteiger partial charge in [-0.3, -0.25) is 9.69 Å². The fourth-order valence-corrected chi connectivity index (χ4v) is 3.44. The minimum absolute atomic E-state index is 0.109. The van der Waals surface area contributed by atoms with Crippen LogP contribution in [0, 0.1) is 0 Å². The minimum atomic E-state index is 0.109. The first-order valence-electron chi connectivity index (χ1n) is 10.5. The molecule has 158 valence electrons. The van der Waals surface area contributed by atoms with E-state index in [-0.39, 0.29) is 18.0 Å². The first-order chi connectivity index (χ1) is 14.3. The number of hydrogen-bond acceptors (Lipinski definition) is 4. The van der Waals surface area contributed by atoms with Gasteiger partial charge in [-0.15, -0.1) is 0 Å². The number of carbonyl (C=O) groups is 1. The van der Waals surface area contributed by atoms with Crippen molar-refractivity contribution in [1.82, 2.24) is 4.90 Å². The quantitative estimate of drug-likeness (QED) is 0.616. The summed E-state index contributed by atoms with van der Waals surface area (Å²) in [5.74, 6) is 1.78. The summed E-state index contributed by atoms with van der Waals surface area (Å²) in [6.45, 7) is 9.30. The van der Waals surface area contributed by atoms with Crippen molar-refractivity contribution >= 4 is 17.9 Å². The molecule has 1 fully saturated rings. The summed E-state index contributed by atoms with van der Waals surface area (Å²) in [5.41, 5.74) is 3.60. The highest BCUT2D eigenvalue weighted by Crippen LogP contribution is 2.23. The normalized spacial score (nSPS) is 17.9. The molecule has 0 N–H and O–H groups in total. The summed E-state index contributed by atoms with van der Waals surface area (Å²) >= 11 is 0. The van der Waals surface area contributed by atoms with E-state index in [0.29, 0.717) is 13.1 Å². The molecule has 1 heterocycles. The van der Waals surface area contributed by atoms with Crippen LogP contribution in [0.5, 0.6) is 11.5 Å². The fraction of sp³-hybridized carbons (Fsp3) is 0.346. The molecule has 2 aromatic carbocycles. The van der Waals surface area contributed by atoms with E-state index in [2.05, 4.69) is 4.90 Å². The lowest BCUT2D eigenvalue weighted by Crippen LogP contribution is -2.34. The Morgan fingerprint density at radius 3 is 1.43 bits per heavy atom. The molecule has 3 rings (SSSR count). The van der Waals surface area contributed by atoms with Crippen LogP contribution in [0.15, 0.2) is 59.7 Å². The smallest absolute Gasteiger partial charge is 0.187 e. The Morgan fingerprint density at radius 1 is 0.733 bits per heavy atom. The van der Waals surface area contributed by atoms with Crippen LogP contribution in [0.2, 0.25) is 0 Å². The van der Waals surface area contributed by atoms with Crippen molar-refractivity contribution < 1.29 is 14.3 Å². The summed E-state index contributed by atoms with van der Waals surface area (Å²) < 4.78 is 11.4. The lowest BCUT2D eigenvalue weighted by Gasteiger charge is -2.26. The van der Waals surface area contributed by atoms with Crippen molar-refractivity contribution in [2.75, 3.05) is 20.1 Å². The molecule has 30 heavy (non-hydrogen) atoms. The highest BCUT2D eigenvalue weighted by molar-refractivity contribution is 6.14. The number of likely N-dealkylation sites (tertiary alicyclic amines) is 1. The van der Waals surface area contributed by atoms with Gasteiger partial charge in [0.1, 0.15) is 11.5 Å². The van der Waals surface area contributed by atoms with E-state index >= 15 is 0 Å². The molecule has 0 saturated carbocycles. The van der Waals surface area contributed by atoms with E-state index in [0.717, 1.165) is 33.8 Å². The molecule has 1 aliphatic rings. The Hall–Kier alpha value is -2.85. The maximum atomic E-state index is 13.1. The van der Waals surface area contributed by atoms with Crippen LogP contribution < -0.4 is 9.47 Å². The van der Waals surface area contributed by atoms with Gasteiger partial charge in [-0.1, -0.05) is 24.3 Å². The Kier molecular flexibility index (Phi) is 7.11. The summed E-state index contributed by atoms with van der Waals surface area (Å²) in [6, 6.07) is 15.7. The second-order valence-electron chi connectivity index (χ2n) is 8.31. The number of benzene rings is 2. The average Bonchev–Trinajstić information content (AvgIpc) is 2.67. The number of piperidine rings is 1. The molecule has 4 nitrogen and oxygen atoms in total. The lowest BCUT2D eigenvalue weighted by atomic mass is 9.94. The Bertz CT molecular complexity index is 846. The van der Waals surface area contributed by atoms with Gasteiger partial charge in [0.05, 0.1) is 12.2 Å². The van der Waals surface area contributed by atoms with E-state index in [1.165, 1.54) is 0 Å².